The van der Waals surface area contributed by atoms with E-state index in [1.54, 1.807) is 12.1 Å². The zero-order chi connectivity index (χ0) is 13.0. The van der Waals surface area contributed by atoms with Crippen LogP contribution in [-0.4, -0.2) is 31.2 Å². The molecule has 1 fully saturated rings. The highest BCUT2D eigenvalue weighted by molar-refractivity contribution is 5.58. The highest BCUT2D eigenvalue weighted by Gasteiger charge is 2.17. The molecular formula is C12H17N3O3. The van der Waals surface area contributed by atoms with Gasteiger partial charge in [0, 0.05) is 30.4 Å². The van der Waals surface area contributed by atoms with Crippen LogP contribution < -0.4 is 15.4 Å². The third-order valence-corrected chi connectivity index (χ3v) is 3.04. The summed E-state index contributed by atoms with van der Waals surface area (Å²) in [6.07, 6.45) is 2.24. The van der Waals surface area contributed by atoms with Gasteiger partial charge in [-0.05, 0) is 25.5 Å². The standard InChI is InChI=1S/C12H17N3O3/c1-18-12-7-9(4-5-11(12)15(16)17)14-10-3-2-6-13-8-10/h4-5,7,10,13-14H,2-3,6,8H2,1H3. The number of rotatable bonds is 4. The van der Waals surface area contributed by atoms with Crippen LogP contribution in [0.5, 0.6) is 5.75 Å². The fourth-order valence-corrected chi connectivity index (χ4v) is 2.13. The van der Waals surface area contributed by atoms with Gasteiger partial charge in [0.25, 0.3) is 0 Å². The van der Waals surface area contributed by atoms with Crippen LogP contribution in [0.4, 0.5) is 11.4 Å². The monoisotopic (exact) mass is 251 g/mol. The zero-order valence-corrected chi connectivity index (χ0v) is 10.3. The molecule has 98 valence electrons. The number of nitrogens with zero attached hydrogens (tertiary/aromatic N) is 1. The summed E-state index contributed by atoms with van der Waals surface area (Å²) in [5.41, 5.74) is 0.843. The van der Waals surface area contributed by atoms with Gasteiger partial charge < -0.3 is 15.4 Å². The van der Waals surface area contributed by atoms with E-state index in [1.165, 1.54) is 13.2 Å². The van der Waals surface area contributed by atoms with Crippen LogP contribution in [0.25, 0.3) is 0 Å². The summed E-state index contributed by atoms with van der Waals surface area (Å²) < 4.78 is 5.04. The van der Waals surface area contributed by atoms with Crippen LogP contribution in [0.2, 0.25) is 0 Å². The van der Waals surface area contributed by atoms with Crippen molar-refractivity contribution < 1.29 is 9.66 Å². The van der Waals surface area contributed by atoms with Crippen molar-refractivity contribution >= 4 is 11.4 Å². The first-order chi connectivity index (χ1) is 8.70. The van der Waals surface area contributed by atoms with E-state index in [4.69, 9.17) is 4.74 Å². The van der Waals surface area contributed by atoms with Gasteiger partial charge in [0.1, 0.15) is 0 Å². The lowest BCUT2D eigenvalue weighted by Gasteiger charge is -2.24. The second-order valence-electron chi connectivity index (χ2n) is 4.33. The van der Waals surface area contributed by atoms with Crippen LogP contribution in [0, 0.1) is 10.1 Å². The summed E-state index contributed by atoms with van der Waals surface area (Å²) in [6.45, 7) is 1.97. The molecule has 2 rings (SSSR count). The first-order valence-electron chi connectivity index (χ1n) is 6.00. The molecule has 1 heterocycles. The van der Waals surface area contributed by atoms with Gasteiger partial charge in [0.15, 0.2) is 5.75 Å². The molecule has 0 amide bonds. The largest absolute Gasteiger partial charge is 0.490 e. The number of nitrogens with one attached hydrogen (secondary N) is 2. The van der Waals surface area contributed by atoms with Gasteiger partial charge in [0.2, 0.25) is 0 Å². The van der Waals surface area contributed by atoms with Gasteiger partial charge in [-0.15, -0.1) is 0 Å². The molecule has 0 radical (unpaired) electrons. The molecule has 18 heavy (non-hydrogen) atoms. The summed E-state index contributed by atoms with van der Waals surface area (Å²) in [6, 6.07) is 5.23. The number of piperidine rings is 1. The smallest absolute Gasteiger partial charge is 0.311 e. The molecule has 1 aliphatic heterocycles. The third kappa shape index (κ3) is 2.89. The summed E-state index contributed by atoms with van der Waals surface area (Å²) in [7, 11) is 1.44. The number of anilines is 1. The molecule has 1 atom stereocenters. The molecular weight excluding hydrogens is 234 g/mol. The molecule has 1 aromatic rings. The number of methoxy groups -OCH3 is 1. The Balaban J connectivity index is 2.11. The van der Waals surface area contributed by atoms with Crippen LogP contribution >= 0.6 is 0 Å². The predicted molar refractivity (Wildman–Crippen MR) is 69.2 cm³/mol. The van der Waals surface area contributed by atoms with Gasteiger partial charge in [-0.25, -0.2) is 0 Å². The lowest BCUT2D eigenvalue weighted by atomic mass is 10.1. The molecule has 2 N–H and O–H groups in total. The number of hydrogen-bond acceptors (Lipinski definition) is 5. The molecule has 1 saturated heterocycles. The number of nitro groups is 1. The van der Waals surface area contributed by atoms with Crippen molar-refractivity contribution in [1.29, 1.82) is 0 Å². The van der Waals surface area contributed by atoms with Gasteiger partial charge in [0.05, 0.1) is 12.0 Å². The van der Waals surface area contributed by atoms with Crippen molar-refractivity contribution in [2.75, 3.05) is 25.5 Å². The second-order valence-corrected chi connectivity index (χ2v) is 4.33. The molecule has 0 bridgehead atoms. The summed E-state index contributed by atoms with van der Waals surface area (Å²) in [5, 5.41) is 17.4. The molecule has 1 unspecified atom stereocenters. The van der Waals surface area contributed by atoms with E-state index >= 15 is 0 Å². The Bertz CT molecular complexity index is 431. The van der Waals surface area contributed by atoms with Gasteiger partial charge in [-0.2, -0.15) is 0 Å². The molecule has 6 heteroatoms. The minimum atomic E-state index is -0.440. The minimum Gasteiger partial charge on any atom is -0.490 e. The summed E-state index contributed by atoms with van der Waals surface area (Å²) in [4.78, 5) is 10.3. The molecule has 0 saturated carbocycles. The van der Waals surface area contributed by atoms with Crippen molar-refractivity contribution in [3.63, 3.8) is 0 Å². The molecule has 0 aliphatic carbocycles. The molecule has 1 aliphatic rings. The van der Waals surface area contributed by atoms with E-state index < -0.39 is 4.92 Å². The Morgan fingerprint density at radius 3 is 3.00 bits per heavy atom. The first kappa shape index (κ1) is 12.6. The quantitative estimate of drug-likeness (QED) is 0.630. The van der Waals surface area contributed by atoms with Gasteiger partial charge >= 0.3 is 5.69 Å². The van der Waals surface area contributed by atoms with Crippen LogP contribution in [0.15, 0.2) is 18.2 Å². The third-order valence-electron chi connectivity index (χ3n) is 3.04. The number of hydrogen-bond donors (Lipinski definition) is 2. The Morgan fingerprint density at radius 1 is 1.56 bits per heavy atom. The Kier molecular flexibility index (Phi) is 3.99. The van der Waals surface area contributed by atoms with E-state index in [2.05, 4.69) is 10.6 Å². The summed E-state index contributed by atoms with van der Waals surface area (Å²) in [5.74, 6) is 0.286. The molecule has 6 nitrogen and oxygen atoms in total. The molecule has 1 aromatic carbocycles. The van der Waals surface area contributed by atoms with Crippen LogP contribution in [0.3, 0.4) is 0 Å². The minimum absolute atomic E-state index is 0.00943. The topological polar surface area (TPSA) is 76.4 Å². The van der Waals surface area contributed by atoms with E-state index in [-0.39, 0.29) is 11.4 Å². The second kappa shape index (κ2) is 5.68. The highest BCUT2D eigenvalue weighted by atomic mass is 16.6. The first-order valence-corrected chi connectivity index (χ1v) is 6.00. The maximum atomic E-state index is 10.8. The molecule has 0 aromatic heterocycles. The van der Waals surface area contributed by atoms with Crippen molar-refractivity contribution in [2.45, 2.75) is 18.9 Å². The Hall–Kier alpha value is -1.82. The SMILES string of the molecule is COc1cc(NC2CCCNC2)ccc1[N+](=O)[O-]. The van der Waals surface area contributed by atoms with Gasteiger partial charge in [-0.1, -0.05) is 0 Å². The van der Waals surface area contributed by atoms with Crippen molar-refractivity contribution in [3.05, 3.63) is 28.3 Å². The lowest BCUT2D eigenvalue weighted by Crippen LogP contribution is -2.38. The van der Waals surface area contributed by atoms with Crippen LogP contribution in [-0.2, 0) is 0 Å². The average Bonchev–Trinajstić information content (AvgIpc) is 2.39. The van der Waals surface area contributed by atoms with E-state index in [0.29, 0.717) is 6.04 Å². The van der Waals surface area contributed by atoms with E-state index in [9.17, 15) is 10.1 Å². The highest BCUT2D eigenvalue weighted by Crippen LogP contribution is 2.30. The lowest BCUT2D eigenvalue weighted by molar-refractivity contribution is -0.385. The Labute approximate surface area is 105 Å². The fraction of sp³-hybridized carbons (Fsp3) is 0.500. The number of nitro benzene ring substituents is 1. The van der Waals surface area contributed by atoms with Crippen molar-refractivity contribution in [3.8, 4) is 5.75 Å². The van der Waals surface area contributed by atoms with Crippen molar-refractivity contribution in [1.82, 2.24) is 5.32 Å². The fourth-order valence-electron chi connectivity index (χ4n) is 2.13. The number of ether oxygens (including phenoxy) is 1. The normalized spacial score (nSPS) is 19.3. The van der Waals surface area contributed by atoms with Crippen molar-refractivity contribution in [2.24, 2.45) is 0 Å². The average molecular weight is 251 g/mol. The Morgan fingerprint density at radius 2 is 2.39 bits per heavy atom. The van der Waals surface area contributed by atoms with Gasteiger partial charge in [-0.3, -0.25) is 10.1 Å². The maximum absolute atomic E-state index is 10.8. The van der Waals surface area contributed by atoms with E-state index in [0.717, 1.165) is 31.6 Å². The zero-order valence-electron chi connectivity index (χ0n) is 10.3. The van der Waals surface area contributed by atoms with Crippen LogP contribution in [0.1, 0.15) is 12.8 Å². The molecule has 0 spiro atoms. The summed E-state index contributed by atoms with van der Waals surface area (Å²) >= 11 is 0. The maximum Gasteiger partial charge on any atom is 0.311 e. The van der Waals surface area contributed by atoms with E-state index in [1.807, 2.05) is 0 Å². The number of benzene rings is 1. The predicted octanol–water partition coefficient (Wildman–Crippen LogP) is 1.77.